The van der Waals surface area contributed by atoms with E-state index in [0.717, 1.165) is 34.0 Å². The molecule has 0 aromatic heterocycles. The van der Waals surface area contributed by atoms with Gasteiger partial charge in [-0.2, -0.15) is 0 Å². The van der Waals surface area contributed by atoms with Crippen LogP contribution in [0.4, 0.5) is 5.69 Å². The van der Waals surface area contributed by atoms with Gasteiger partial charge in [0.25, 0.3) is 5.91 Å². The van der Waals surface area contributed by atoms with Crippen molar-refractivity contribution in [1.82, 2.24) is 10.2 Å². The molecule has 0 aliphatic carbocycles. The van der Waals surface area contributed by atoms with E-state index in [-0.39, 0.29) is 36.9 Å². The van der Waals surface area contributed by atoms with E-state index in [2.05, 4.69) is 5.32 Å². The molecule has 0 radical (unpaired) electrons. The first-order valence-corrected chi connectivity index (χ1v) is 11.8. The topological polar surface area (TPSA) is 69.7 Å². The highest BCUT2D eigenvalue weighted by Gasteiger charge is 2.34. The lowest BCUT2D eigenvalue weighted by Crippen LogP contribution is -2.52. The maximum atomic E-state index is 13.7. The Kier molecular flexibility index (Phi) is 6.68. The molecule has 0 saturated carbocycles. The summed E-state index contributed by atoms with van der Waals surface area (Å²) < 4.78 is 0. The van der Waals surface area contributed by atoms with Crippen molar-refractivity contribution < 1.29 is 14.4 Å². The first-order valence-electron chi connectivity index (χ1n) is 11.8. The molecule has 0 saturated heterocycles. The molecule has 3 aromatic carbocycles. The second kappa shape index (κ2) is 9.67. The number of benzene rings is 3. The Morgan fingerprint density at radius 3 is 2.44 bits per heavy atom. The zero-order valence-electron chi connectivity index (χ0n) is 20.2. The van der Waals surface area contributed by atoms with Crippen molar-refractivity contribution in [2.45, 2.75) is 52.7 Å². The maximum Gasteiger partial charge on any atom is 0.259 e. The van der Waals surface area contributed by atoms with Crippen LogP contribution in [0.2, 0.25) is 0 Å². The Hall–Kier alpha value is -3.67. The number of nitrogens with one attached hydrogen (secondary N) is 1. The molecule has 2 atom stereocenters. The second-order valence-corrected chi connectivity index (χ2v) is 9.08. The number of aryl methyl sites for hydroxylation is 1. The quantitative estimate of drug-likeness (QED) is 0.544. The van der Waals surface area contributed by atoms with E-state index >= 15 is 0 Å². The van der Waals surface area contributed by atoms with Gasteiger partial charge >= 0.3 is 0 Å². The van der Waals surface area contributed by atoms with Crippen LogP contribution >= 0.6 is 0 Å². The average Bonchev–Trinajstić information content (AvgIpc) is 3.10. The Morgan fingerprint density at radius 2 is 1.74 bits per heavy atom. The van der Waals surface area contributed by atoms with E-state index in [0.29, 0.717) is 5.56 Å². The minimum absolute atomic E-state index is 0.0122. The minimum atomic E-state index is -0.683. The van der Waals surface area contributed by atoms with Crippen LogP contribution in [0.5, 0.6) is 0 Å². The lowest BCUT2D eigenvalue weighted by Gasteiger charge is -2.31. The largest absolute Gasteiger partial charge is 0.352 e. The van der Waals surface area contributed by atoms with Gasteiger partial charge in [-0.25, -0.2) is 0 Å². The molecule has 1 heterocycles. The molecule has 3 amide bonds. The zero-order valence-corrected chi connectivity index (χ0v) is 20.2. The Labute approximate surface area is 200 Å². The highest BCUT2D eigenvalue weighted by Crippen LogP contribution is 2.37. The zero-order chi connectivity index (χ0) is 24.4. The fraction of sp³-hybridized carbons (Fsp3) is 0.321. The summed E-state index contributed by atoms with van der Waals surface area (Å²) in [6, 6.07) is 18.6. The Balaban J connectivity index is 1.62. The molecule has 176 valence electrons. The highest BCUT2D eigenvalue weighted by atomic mass is 16.2. The normalized spacial score (nSPS) is 14.2. The van der Waals surface area contributed by atoms with Crippen LogP contribution < -0.4 is 10.2 Å². The molecule has 6 nitrogen and oxygen atoms in total. The van der Waals surface area contributed by atoms with Crippen LogP contribution in [-0.2, 0) is 16.1 Å². The number of nitrogens with zero attached hydrogens (tertiary/aromatic N) is 2. The van der Waals surface area contributed by atoms with Crippen LogP contribution in [-0.4, -0.2) is 41.2 Å². The number of anilines is 1. The van der Waals surface area contributed by atoms with Gasteiger partial charge in [0.15, 0.2) is 0 Å². The van der Waals surface area contributed by atoms with Gasteiger partial charge in [-0.3, -0.25) is 19.3 Å². The van der Waals surface area contributed by atoms with Crippen molar-refractivity contribution in [2.24, 2.45) is 0 Å². The van der Waals surface area contributed by atoms with Crippen molar-refractivity contribution in [3.8, 4) is 0 Å². The Bertz CT molecular complexity index is 1250. The summed E-state index contributed by atoms with van der Waals surface area (Å²) in [4.78, 5) is 42.9. The van der Waals surface area contributed by atoms with Gasteiger partial charge < -0.3 is 10.2 Å². The van der Waals surface area contributed by atoms with Gasteiger partial charge in [0.05, 0.1) is 5.69 Å². The van der Waals surface area contributed by atoms with Gasteiger partial charge in [0.1, 0.15) is 12.6 Å². The molecule has 0 bridgehead atoms. The molecular formula is C28H31N3O3. The SMILES string of the molecule is CC[C@H](C)NC(=O)[C@H](C)N(Cc1cccc(C)c1)C(=O)CN1C(=O)c2cccc3cccc1c23. The molecule has 4 rings (SSSR count). The molecule has 6 heteroatoms. The molecule has 0 spiro atoms. The molecule has 0 unspecified atom stereocenters. The highest BCUT2D eigenvalue weighted by molar-refractivity contribution is 6.26. The third kappa shape index (κ3) is 4.53. The number of carbonyl (C=O) groups is 3. The van der Waals surface area contributed by atoms with Gasteiger partial charge in [0.2, 0.25) is 11.8 Å². The van der Waals surface area contributed by atoms with Crippen molar-refractivity contribution in [3.63, 3.8) is 0 Å². The lowest BCUT2D eigenvalue weighted by atomic mass is 10.1. The number of hydrogen-bond acceptors (Lipinski definition) is 3. The molecule has 1 aliphatic rings. The van der Waals surface area contributed by atoms with E-state index < -0.39 is 6.04 Å². The summed E-state index contributed by atoms with van der Waals surface area (Å²) >= 11 is 0. The molecule has 34 heavy (non-hydrogen) atoms. The molecule has 3 aromatic rings. The van der Waals surface area contributed by atoms with Crippen LogP contribution in [0.1, 0.15) is 48.7 Å². The Morgan fingerprint density at radius 1 is 1.03 bits per heavy atom. The lowest BCUT2D eigenvalue weighted by molar-refractivity contribution is -0.139. The van der Waals surface area contributed by atoms with Crippen LogP contribution in [0.25, 0.3) is 10.8 Å². The third-order valence-corrected chi connectivity index (χ3v) is 6.55. The van der Waals surface area contributed by atoms with Crippen molar-refractivity contribution in [1.29, 1.82) is 0 Å². The summed E-state index contributed by atoms with van der Waals surface area (Å²) in [6.45, 7) is 7.84. The minimum Gasteiger partial charge on any atom is -0.352 e. The standard InChI is InChI=1S/C28H31N3O3/c1-5-19(3)29-27(33)20(4)30(16-21-10-6-9-18(2)15-21)25(32)17-31-24-14-8-12-22-11-7-13-23(26(22)24)28(31)34/h6-15,19-20H,5,16-17H2,1-4H3,(H,29,33)/t19-,20-/m0/s1. The van der Waals surface area contributed by atoms with E-state index in [9.17, 15) is 14.4 Å². The van der Waals surface area contributed by atoms with Crippen molar-refractivity contribution in [3.05, 3.63) is 77.4 Å². The van der Waals surface area contributed by atoms with E-state index in [4.69, 9.17) is 0 Å². The van der Waals surface area contributed by atoms with E-state index in [1.54, 1.807) is 17.9 Å². The molecule has 0 fully saturated rings. The fourth-order valence-electron chi connectivity index (χ4n) is 4.42. The average molecular weight is 458 g/mol. The summed E-state index contributed by atoms with van der Waals surface area (Å²) in [5.74, 6) is -0.660. The number of carbonyl (C=O) groups excluding carboxylic acids is 3. The predicted molar refractivity (Wildman–Crippen MR) is 135 cm³/mol. The second-order valence-electron chi connectivity index (χ2n) is 9.08. The fourth-order valence-corrected chi connectivity index (χ4v) is 4.42. The van der Waals surface area contributed by atoms with Gasteiger partial charge in [-0.1, -0.05) is 61.0 Å². The predicted octanol–water partition coefficient (Wildman–Crippen LogP) is 4.44. The molecule has 1 aliphatic heterocycles. The van der Waals surface area contributed by atoms with Crippen molar-refractivity contribution >= 4 is 34.2 Å². The molecular weight excluding hydrogens is 426 g/mol. The smallest absolute Gasteiger partial charge is 0.259 e. The summed E-state index contributed by atoms with van der Waals surface area (Å²) in [5, 5.41) is 4.82. The summed E-state index contributed by atoms with van der Waals surface area (Å²) in [6.07, 6.45) is 0.800. The van der Waals surface area contributed by atoms with Crippen molar-refractivity contribution in [2.75, 3.05) is 11.4 Å². The maximum absolute atomic E-state index is 13.7. The number of hydrogen-bond donors (Lipinski definition) is 1. The number of amides is 3. The van der Waals surface area contributed by atoms with E-state index in [1.807, 2.05) is 75.4 Å². The summed E-state index contributed by atoms with van der Waals surface area (Å²) in [7, 11) is 0. The van der Waals surface area contributed by atoms with E-state index in [1.165, 1.54) is 4.90 Å². The summed E-state index contributed by atoms with van der Waals surface area (Å²) in [5.41, 5.74) is 3.36. The monoisotopic (exact) mass is 457 g/mol. The number of rotatable bonds is 8. The van der Waals surface area contributed by atoms with Gasteiger partial charge in [-0.05, 0) is 50.3 Å². The van der Waals surface area contributed by atoms with Crippen LogP contribution in [0.15, 0.2) is 60.7 Å². The van der Waals surface area contributed by atoms with Gasteiger partial charge in [-0.15, -0.1) is 0 Å². The first kappa shape index (κ1) is 23.5. The van der Waals surface area contributed by atoms with Gasteiger partial charge in [0, 0.05) is 23.5 Å². The first-order chi connectivity index (χ1) is 16.3. The van der Waals surface area contributed by atoms with Crippen LogP contribution in [0, 0.1) is 6.92 Å². The molecule has 1 N–H and O–H groups in total. The van der Waals surface area contributed by atoms with Crippen LogP contribution in [0.3, 0.4) is 0 Å². The third-order valence-electron chi connectivity index (χ3n) is 6.55.